The van der Waals surface area contributed by atoms with Crippen LogP contribution in [0.4, 0.5) is 0 Å². The van der Waals surface area contributed by atoms with Crippen LogP contribution >= 0.6 is 22.9 Å². The van der Waals surface area contributed by atoms with Crippen molar-refractivity contribution in [2.75, 3.05) is 13.7 Å². The summed E-state index contributed by atoms with van der Waals surface area (Å²) in [6.07, 6.45) is 0. The Kier molecular flexibility index (Phi) is 3.95. The number of halogens is 1. The topological polar surface area (TPSA) is 29.5 Å². The van der Waals surface area contributed by atoms with Crippen molar-refractivity contribution in [1.82, 2.24) is 0 Å². The van der Waals surface area contributed by atoms with Crippen LogP contribution in [0.1, 0.15) is 18.7 Å². The van der Waals surface area contributed by atoms with Crippen molar-refractivity contribution in [3.8, 4) is 0 Å². The second kappa shape index (κ2) is 4.62. The maximum absolute atomic E-state index is 10.4. The van der Waals surface area contributed by atoms with Crippen LogP contribution in [0.3, 0.4) is 0 Å². The van der Waals surface area contributed by atoms with Crippen LogP contribution in [0.2, 0.25) is 5.02 Å². The van der Waals surface area contributed by atoms with Crippen molar-refractivity contribution in [3.05, 3.63) is 21.3 Å². The SMILES string of the molecule is COCC(O)(c1sccc1Cl)C(C)C. The highest BCUT2D eigenvalue weighted by Crippen LogP contribution is 2.38. The fourth-order valence-corrected chi connectivity index (χ4v) is 2.77. The van der Waals surface area contributed by atoms with Crippen LogP contribution in [0.25, 0.3) is 0 Å². The van der Waals surface area contributed by atoms with E-state index < -0.39 is 5.60 Å². The molecule has 0 aliphatic heterocycles. The molecule has 1 aromatic heterocycles. The second-order valence-electron chi connectivity index (χ2n) is 3.61. The van der Waals surface area contributed by atoms with Crippen molar-refractivity contribution in [1.29, 1.82) is 0 Å². The molecule has 0 bridgehead atoms. The van der Waals surface area contributed by atoms with Gasteiger partial charge in [-0.2, -0.15) is 0 Å². The number of thiophene rings is 1. The summed E-state index contributed by atoms with van der Waals surface area (Å²) in [7, 11) is 1.58. The average Bonchev–Trinajstić information content (AvgIpc) is 2.51. The number of rotatable bonds is 4. The van der Waals surface area contributed by atoms with E-state index in [1.54, 1.807) is 13.2 Å². The van der Waals surface area contributed by atoms with Crippen molar-refractivity contribution in [2.24, 2.45) is 5.92 Å². The van der Waals surface area contributed by atoms with E-state index in [-0.39, 0.29) is 12.5 Å². The number of hydrogen-bond donors (Lipinski definition) is 1. The lowest BCUT2D eigenvalue weighted by Crippen LogP contribution is -2.36. The summed E-state index contributed by atoms with van der Waals surface area (Å²) in [5, 5.41) is 12.9. The highest BCUT2D eigenvalue weighted by Gasteiger charge is 2.36. The summed E-state index contributed by atoms with van der Waals surface area (Å²) in [5.74, 6) is 0.0681. The first-order valence-corrected chi connectivity index (χ1v) is 5.73. The third kappa shape index (κ3) is 2.11. The second-order valence-corrected chi connectivity index (χ2v) is 4.93. The van der Waals surface area contributed by atoms with Crippen LogP contribution in [0.5, 0.6) is 0 Å². The summed E-state index contributed by atoms with van der Waals surface area (Å²) < 4.78 is 5.05. The Balaban J connectivity index is 3.05. The lowest BCUT2D eigenvalue weighted by Gasteiger charge is -2.30. The zero-order valence-corrected chi connectivity index (χ0v) is 10.2. The van der Waals surface area contributed by atoms with Gasteiger partial charge in [0, 0.05) is 7.11 Å². The molecule has 14 heavy (non-hydrogen) atoms. The molecule has 0 aliphatic rings. The van der Waals surface area contributed by atoms with Crippen LogP contribution < -0.4 is 0 Å². The number of hydrogen-bond acceptors (Lipinski definition) is 3. The van der Waals surface area contributed by atoms with Gasteiger partial charge in [0.2, 0.25) is 0 Å². The molecule has 4 heteroatoms. The van der Waals surface area contributed by atoms with E-state index >= 15 is 0 Å². The van der Waals surface area contributed by atoms with E-state index in [1.807, 2.05) is 19.2 Å². The summed E-state index contributed by atoms with van der Waals surface area (Å²) >= 11 is 7.46. The minimum absolute atomic E-state index is 0.0681. The van der Waals surface area contributed by atoms with Gasteiger partial charge in [-0.3, -0.25) is 0 Å². The van der Waals surface area contributed by atoms with E-state index in [0.29, 0.717) is 5.02 Å². The Bertz CT molecular complexity index is 298. The maximum atomic E-state index is 10.4. The summed E-state index contributed by atoms with van der Waals surface area (Å²) in [6.45, 7) is 4.18. The monoisotopic (exact) mass is 234 g/mol. The summed E-state index contributed by atoms with van der Waals surface area (Å²) in [4.78, 5) is 0.788. The Hall–Kier alpha value is -0.0900. The van der Waals surface area contributed by atoms with Gasteiger partial charge in [0.25, 0.3) is 0 Å². The van der Waals surface area contributed by atoms with Gasteiger partial charge in [0.15, 0.2) is 0 Å². The largest absolute Gasteiger partial charge is 0.382 e. The Labute approximate surface area is 93.5 Å². The van der Waals surface area contributed by atoms with Crippen LogP contribution in [-0.4, -0.2) is 18.8 Å². The highest BCUT2D eigenvalue weighted by molar-refractivity contribution is 7.10. The van der Waals surface area contributed by atoms with Crippen molar-refractivity contribution >= 4 is 22.9 Å². The summed E-state index contributed by atoms with van der Waals surface area (Å²) in [6, 6.07) is 1.80. The lowest BCUT2D eigenvalue weighted by molar-refractivity contribution is -0.0672. The Morgan fingerprint density at radius 1 is 1.64 bits per heavy atom. The van der Waals surface area contributed by atoms with Crippen LogP contribution in [0.15, 0.2) is 11.4 Å². The van der Waals surface area contributed by atoms with Crippen molar-refractivity contribution in [2.45, 2.75) is 19.4 Å². The molecule has 80 valence electrons. The minimum Gasteiger partial charge on any atom is -0.382 e. The number of ether oxygens (including phenoxy) is 1. The molecular formula is C10H15ClO2S. The van der Waals surface area contributed by atoms with Crippen molar-refractivity contribution in [3.63, 3.8) is 0 Å². The first kappa shape index (κ1) is 12.0. The average molecular weight is 235 g/mol. The smallest absolute Gasteiger partial charge is 0.126 e. The molecule has 0 saturated heterocycles. The molecule has 2 nitrogen and oxygen atoms in total. The molecule has 0 radical (unpaired) electrons. The van der Waals surface area contributed by atoms with Gasteiger partial charge >= 0.3 is 0 Å². The standard InChI is InChI=1S/C10H15ClO2S/c1-7(2)10(12,6-13-3)9-8(11)4-5-14-9/h4-5,7,12H,6H2,1-3H3. The molecule has 0 amide bonds. The van der Waals surface area contributed by atoms with E-state index in [9.17, 15) is 5.11 Å². The van der Waals surface area contributed by atoms with Gasteiger partial charge in [0.05, 0.1) is 16.5 Å². The molecule has 1 atom stereocenters. The first-order chi connectivity index (χ1) is 6.52. The molecule has 0 aliphatic carbocycles. The van der Waals surface area contributed by atoms with Gasteiger partial charge in [-0.1, -0.05) is 25.4 Å². The van der Waals surface area contributed by atoms with Crippen LogP contribution in [-0.2, 0) is 10.3 Å². The molecule has 0 saturated carbocycles. The molecule has 1 heterocycles. The molecule has 0 spiro atoms. The van der Waals surface area contributed by atoms with Crippen molar-refractivity contribution < 1.29 is 9.84 Å². The first-order valence-electron chi connectivity index (χ1n) is 4.47. The van der Waals surface area contributed by atoms with E-state index in [0.717, 1.165) is 4.88 Å². The fourth-order valence-electron chi connectivity index (χ4n) is 1.32. The summed E-state index contributed by atoms with van der Waals surface area (Å²) in [5.41, 5.74) is -0.972. The molecular weight excluding hydrogens is 220 g/mol. The molecule has 1 unspecified atom stereocenters. The zero-order valence-electron chi connectivity index (χ0n) is 8.58. The predicted octanol–water partition coefficient (Wildman–Crippen LogP) is 2.89. The van der Waals surface area contributed by atoms with E-state index in [4.69, 9.17) is 16.3 Å². The molecule has 1 aromatic rings. The number of methoxy groups -OCH3 is 1. The quantitative estimate of drug-likeness (QED) is 0.868. The van der Waals surface area contributed by atoms with Gasteiger partial charge < -0.3 is 9.84 Å². The predicted molar refractivity (Wildman–Crippen MR) is 59.9 cm³/mol. The normalized spacial score (nSPS) is 15.9. The Morgan fingerprint density at radius 2 is 2.29 bits per heavy atom. The lowest BCUT2D eigenvalue weighted by atomic mass is 9.89. The highest BCUT2D eigenvalue weighted by atomic mass is 35.5. The molecule has 0 aromatic carbocycles. The van der Waals surface area contributed by atoms with Gasteiger partial charge in [-0.05, 0) is 17.4 Å². The molecule has 0 fully saturated rings. The maximum Gasteiger partial charge on any atom is 0.126 e. The minimum atomic E-state index is -0.972. The third-order valence-corrected chi connectivity index (χ3v) is 3.84. The fraction of sp³-hybridized carbons (Fsp3) is 0.600. The van der Waals surface area contributed by atoms with Gasteiger partial charge in [-0.25, -0.2) is 0 Å². The van der Waals surface area contributed by atoms with E-state index in [2.05, 4.69) is 0 Å². The number of aliphatic hydroxyl groups is 1. The van der Waals surface area contributed by atoms with Gasteiger partial charge in [0.1, 0.15) is 5.60 Å². The third-order valence-electron chi connectivity index (χ3n) is 2.33. The molecule has 1 rings (SSSR count). The van der Waals surface area contributed by atoms with E-state index in [1.165, 1.54) is 11.3 Å². The molecule has 1 N–H and O–H groups in total. The zero-order chi connectivity index (χ0) is 10.8. The Morgan fingerprint density at radius 3 is 2.64 bits per heavy atom. The van der Waals surface area contributed by atoms with Gasteiger partial charge in [-0.15, -0.1) is 11.3 Å². The van der Waals surface area contributed by atoms with Crippen LogP contribution in [0, 0.1) is 5.92 Å².